The highest BCUT2D eigenvalue weighted by atomic mass is 16.6. The van der Waals surface area contributed by atoms with Crippen LogP contribution in [0.2, 0.25) is 0 Å². The zero-order valence-corrected chi connectivity index (χ0v) is 6.68. The Balaban J connectivity index is 2.41. The van der Waals surface area contributed by atoms with Gasteiger partial charge >= 0.3 is 0 Å². The average Bonchev–Trinajstić information content (AvgIpc) is 2.53. The second-order valence-electron chi connectivity index (χ2n) is 2.56. The van der Waals surface area contributed by atoms with E-state index in [-0.39, 0.29) is 0 Å². The van der Waals surface area contributed by atoms with Crippen LogP contribution in [0.3, 0.4) is 0 Å². The van der Waals surface area contributed by atoms with Crippen LogP contribution >= 0.6 is 0 Å². The number of anilines is 1. The molecule has 13 heavy (non-hydrogen) atoms. The molecule has 66 valence electrons. The first-order valence-corrected chi connectivity index (χ1v) is 3.67. The van der Waals surface area contributed by atoms with Crippen molar-refractivity contribution < 1.29 is 14.3 Å². The molecule has 2 N–H and O–H groups in total. The number of hydrogen-bond donors (Lipinski definition) is 1. The van der Waals surface area contributed by atoms with Crippen molar-refractivity contribution in [1.82, 2.24) is 5.27 Å². The van der Waals surface area contributed by atoms with Gasteiger partial charge in [0.1, 0.15) is 5.95 Å². The molecule has 0 aliphatic carbocycles. The number of hydrogen-bond acceptors (Lipinski definition) is 4. The minimum absolute atomic E-state index is 0.475. The summed E-state index contributed by atoms with van der Waals surface area (Å²) in [5.41, 5.74) is 6.89. The Morgan fingerprint density at radius 2 is 2.00 bits per heavy atom. The Labute approximate surface area is 74.0 Å². The van der Waals surface area contributed by atoms with Crippen LogP contribution in [0, 0.1) is 0 Å². The van der Waals surface area contributed by atoms with E-state index < -0.39 is 5.95 Å². The maximum atomic E-state index is 10.7. The van der Waals surface area contributed by atoms with Crippen LogP contribution in [0.5, 0.6) is 5.95 Å². The monoisotopic (exact) mass is 177 g/mol. The van der Waals surface area contributed by atoms with Crippen molar-refractivity contribution in [3.8, 4) is 11.6 Å². The number of benzene rings is 1. The smallest absolute Gasteiger partial charge is 0.239 e. The van der Waals surface area contributed by atoms with Gasteiger partial charge in [0, 0.05) is 17.8 Å². The number of nitrogen functional groups attached to an aromatic ring is 1. The minimum atomic E-state index is -0.475. The molecule has 0 unspecified atom stereocenters. The summed E-state index contributed by atoms with van der Waals surface area (Å²) in [5, 5.41) is 14.2. The van der Waals surface area contributed by atoms with Gasteiger partial charge in [0.05, 0.1) is 5.27 Å². The molecule has 1 heterocycles. The van der Waals surface area contributed by atoms with Crippen molar-refractivity contribution in [3.05, 3.63) is 30.5 Å². The van der Waals surface area contributed by atoms with Crippen molar-refractivity contribution in [1.29, 1.82) is 0 Å². The van der Waals surface area contributed by atoms with E-state index in [1.807, 2.05) is 0 Å². The molecular formula is C8H7N3O2. The van der Waals surface area contributed by atoms with E-state index in [9.17, 15) is 5.11 Å². The fraction of sp³-hybridized carbons (Fsp3) is 0. The first kappa shape index (κ1) is 7.60. The topological polar surface area (TPSA) is 79.0 Å². The van der Waals surface area contributed by atoms with Crippen molar-refractivity contribution >= 4 is 5.69 Å². The quantitative estimate of drug-likeness (QED) is 0.475. The van der Waals surface area contributed by atoms with Gasteiger partial charge < -0.3 is 15.4 Å². The highest BCUT2D eigenvalue weighted by Gasteiger charge is 2.07. The second-order valence-corrected chi connectivity index (χ2v) is 2.56. The van der Waals surface area contributed by atoms with E-state index in [2.05, 4.69) is 9.79 Å². The van der Waals surface area contributed by atoms with Crippen LogP contribution in [0.1, 0.15) is 0 Å². The fourth-order valence-electron chi connectivity index (χ4n) is 0.980. The third-order valence-electron chi connectivity index (χ3n) is 1.60. The zero-order chi connectivity index (χ0) is 9.26. The van der Waals surface area contributed by atoms with Gasteiger partial charge in [-0.25, -0.2) is 0 Å². The molecule has 0 bridgehead atoms. The van der Waals surface area contributed by atoms with Crippen molar-refractivity contribution in [2.24, 2.45) is 0 Å². The van der Waals surface area contributed by atoms with Crippen LogP contribution in [0.15, 0.2) is 35.0 Å². The van der Waals surface area contributed by atoms with Crippen LogP contribution < -0.4 is 15.5 Å². The van der Waals surface area contributed by atoms with E-state index >= 15 is 0 Å². The molecular weight excluding hydrogens is 170 g/mol. The van der Waals surface area contributed by atoms with Gasteiger partial charge in [0.25, 0.3) is 0 Å². The standard InChI is InChI=1S/C8H7N3O2/c9-6-1-3-7(4-2-6)11-5-8(12)13-10-11/h1-5H,(H2-,9,10,12). The van der Waals surface area contributed by atoms with Gasteiger partial charge in [-0.2, -0.15) is 0 Å². The molecule has 1 aromatic carbocycles. The summed E-state index contributed by atoms with van der Waals surface area (Å²) in [4.78, 5) is 0. The van der Waals surface area contributed by atoms with E-state index in [0.29, 0.717) is 5.69 Å². The maximum absolute atomic E-state index is 10.7. The molecule has 5 heteroatoms. The summed E-state index contributed by atoms with van der Waals surface area (Å²) in [6.45, 7) is 0. The van der Waals surface area contributed by atoms with Gasteiger partial charge in [-0.1, -0.05) is 0 Å². The largest absolute Gasteiger partial charge is 0.539 e. The maximum Gasteiger partial charge on any atom is 0.239 e. The number of rotatable bonds is 1. The van der Waals surface area contributed by atoms with Gasteiger partial charge in [0.2, 0.25) is 11.9 Å². The lowest BCUT2D eigenvalue weighted by atomic mass is 10.3. The zero-order valence-electron chi connectivity index (χ0n) is 6.68. The van der Waals surface area contributed by atoms with Gasteiger partial charge in [-0.3, -0.25) is 0 Å². The summed E-state index contributed by atoms with van der Waals surface area (Å²) in [7, 11) is 0. The Bertz CT molecular complexity index is 408. The third kappa shape index (κ3) is 1.44. The van der Waals surface area contributed by atoms with E-state index in [1.165, 1.54) is 10.9 Å². The highest BCUT2D eigenvalue weighted by Crippen LogP contribution is 2.05. The molecule has 0 atom stereocenters. The summed E-state index contributed by atoms with van der Waals surface area (Å²) < 4.78 is 5.72. The summed E-state index contributed by atoms with van der Waals surface area (Å²) >= 11 is 0. The molecule has 0 spiro atoms. The molecule has 1 aromatic heterocycles. The van der Waals surface area contributed by atoms with Crippen molar-refractivity contribution in [2.45, 2.75) is 0 Å². The molecule has 2 aromatic rings. The molecule has 0 saturated carbocycles. The van der Waals surface area contributed by atoms with E-state index in [4.69, 9.17) is 5.73 Å². The predicted octanol–water partition coefficient (Wildman–Crippen LogP) is -0.393. The van der Waals surface area contributed by atoms with Gasteiger partial charge in [-0.15, -0.1) is 0 Å². The van der Waals surface area contributed by atoms with E-state index in [0.717, 1.165) is 5.69 Å². The summed E-state index contributed by atoms with van der Waals surface area (Å²) in [6.07, 6.45) is 1.26. The van der Waals surface area contributed by atoms with Gasteiger partial charge in [0.15, 0.2) is 0 Å². The number of aromatic nitrogens is 2. The summed E-state index contributed by atoms with van der Waals surface area (Å²) in [6, 6.07) is 6.94. The van der Waals surface area contributed by atoms with Crippen LogP contribution in [0.25, 0.3) is 5.69 Å². The number of nitrogens with zero attached hydrogens (tertiary/aromatic N) is 2. The molecule has 0 aliphatic heterocycles. The van der Waals surface area contributed by atoms with Crippen molar-refractivity contribution in [3.63, 3.8) is 0 Å². The molecule has 2 rings (SSSR count). The van der Waals surface area contributed by atoms with Crippen molar-refractivity contribution in [2.75, 3.05) is 5.73 Å². The third-order valence-corrected chi connectivity index (χ3v) is 1.60. The van der Waals surface area contributed by atoms with Crippen LogP contribution in [0.4, 0.5) is 5.69 Å². The normalized spacial score (nSPS) is 10.2. The Hall–Kier alpha value is -2.04. The lowest BCUT2D eigenvalue weighted by molar-refractivity contribution is -0.670. The lowest BCUT2D eigenvalue weighted by Gasteiger charge is -1.90. The summed E-state index contributed by atoms with van der Waals surface area (Å²) in [5.74, 6) is -0.475. The SMILES string of the molecule is Nc1ccc(-[n+]2cc([O-])on2)cc1. The Morgan fingerprint density at radius 3 is 2.54 bits per heavy atom. The fourth-order valence-corrected chi connectivity index (χ4v) is 0.980. The molecule has 0 fully saturated rings. The lowest BCUT2D eigenvalue weighted by Crippen LogP contribution is -2.31. The predicted molar refractivity (Wildman–Crippen MR) is 41.9 cm³/mol. The minimum Gasteiger partial charge on any atom is -0.539 e. The molecule has 0 amide bonds. The van der Waals surface area contributed by atoms with Crippen LogP contribution in [-0.2, 0) is 0 Å². The highest BCUT2D eigenvalue weighted by molar-refractivity contribution is 5.41. The Kier molecular flexibility index (Phi) is 1.63. The molecule has 0 radical (unpaired) electrons. The number of nitrogens with two attached hydrogens (primary N) is 1. The van der Waals surface area contributed by atoms with Crippen LogP contribution in [-0.4, -0.2) is 5.27 Å². The Morgan fingerprint density at radius 1 is 1.31 bits per heavy atom. The molecule has 0 saturated heterocycles. The second kappa shape index (κ2) is 2.78. The van der Waals surface area contributed by atoms with Gasteiger partial charge in [-0.05, 0) is 16.8 Å². The van der Waals surface area contributed by atoms with E-state index in [1.54, 1.807) is 24.3 Å². The first-order valence-electron chi connectivity index (χ1n) is 3.67. The molecule has 0 aliphatic rings. The first-order chi connectivity index (χ1) is 6.25. The average molecular weight is 177 g/mol. The molecule has 5 nitrogen and oxygen atoms in total.